The van der Waals surface area contributed by atoms with Gasteiger partial charge in [-0.2, -0.15) is 0 Å². The number of nitrogens with zero attached hydrogens (tertiary/aromatic N) is 1. The number of halogens is 1. The highest BCUT2D eigenvalue weighted by atomic mass is 79.9. The molecule has 0 aliphatic carbocycles. The van der Waals surface area contributed by atoms with Gasteiger partial charge in [0, 0.05) is 25.5 Å². The van der Waals surface area contributed by atoms with Gasteiger partial charge in [0.05, 0.1) is 12.4 Å². The Kier molecular flexibility index (Phi) is 6.93. The van der Waals surface area contributed by atoms with Crippen LogP contribution in [-0.2, 0) is 14.8 Å². The quantitative estimate of drug-likeness (QED) is 0.658. The summed E-state index contributed by atoms with van der Waals surface area (Å²) in [6.07, 6.45) is 0.808. The Morgan fingerprint density at radius 2 is 2.07 bits per heavy atom. The zero-order valence-electron chi connectivity index (χ0n) is 8.86. The van der Waals surface area contributed by atoms with Crippen LogP contribution in [0.3, 0.4) is 0 Å². The predicted molar refractivity (Wildman–Crippen MR) is 61.3 cm³/mol. The van der Waals surface area contributed by atoms with Gasteiger partial charge < -0.3 is 4.74 Å². The van der Waals surface area contributed by atoms with Crippen LogP contribution in [0.15, 0.2) is 0 Å². The Morgan fingerprint density at radius 3 is 2.50 bits per heavy atom. The van der Waals surface area contributed by atoms with Gasteiger partial charge in [-0.3, -0.25) is 0 Å². The van der Waals surface area contributed by atoms with Crippen molar-refractivity contribution in [3.63, 3.8) is 0 Å². The zero-order chi connectivity index (χ0) is 11.2. The fourth-order valence-corrected chi connectivity index (χ4v) is 2.12. The molecule has 0 bridgehead atoms. The highest BCUT2D eigenvalue weighted by molar-refractivity contribution is 9.09. The maximum Gasteiger partial charge on any atom is 0.216 e. The van der Waals surface area contributed by atoms with Crippen molar-refractivity contribution in [3.8, 4) is 0 Å². The largest absolute Gasteiger partial charge is 0.384 e. The first-order chi connectivity index (χ1) is 6.40. The minimum atomic E-state index is -3.13. The van der Waals surface area contributed by atoms with E-state index >= 15 is 0 Å². The SMILES string of the molecule is COCCS(=O)(=O)N(C)CCC(C)Br. The number of sulfonamides is 1. The molecule has 1 atom stereocenters. The molecular weight excluding hydrogens is 270 g/mol. The molecule has 0 radical (unpaired) electrons. The third-order valence-corrected chi connectivity index (χ3v) is 4.13. The zero-order valence-corrected chi connectivity index (χ0v) is 11.3. The first kappa shape index (κ1) is 14.3. The van der Waals surface area contributed by atoms with E-state index in [1.54, 1.807) is 7.05 Å². The fourth-order valence-electron chi connectivity index (χ4n) is 0.843. The highest BCUT2D eigenvalue weighted by Crippen LogP contribution is 2.06. The van der Waals surface area contributed by atoms with Crippen LogP contribution in [0.4, 0.5) is 0 Å². The molecule has 0 aromatic rings. The van der Waals surface area contributed by atoms with Gasteiger partial charge in [0.2, 0.25) is 10.0 Å². The monoisotopic (exact) mass is 287 g/mol. The van der Waals surface area contributed by atoms with Crippen molar-refractivity contribution in [2.45, 2.75) is 18.2 Å². The summed E-state index contributed by atoms with van der Waals surface area (Å²) in [5.41, 5.74) is 0. The lowest BCUT2D eigenvalue weighted by Gasteiger charge is -2.17. The Morgan fingerprint density at radius 1 is 1.50 bits per heavy atom. The summed E-state index contributed by atoms with van der Waals surface area (Å²) in [7, 11) is -0.0369. The summed E-state index contributed by atoms with van der Waals surface area (Å²) in [5, 5.41) is 0. The molecule has 0 aromatic heterocycles. The number of rotatable bonds is 7. The molecular formula is C8H18BrNO3S. The average Bonchev–Trinajstić information content (AvgIpc) is 2.10. The molecule has 0 fully saturated rings. The molecule has 0 saturated carbocycles. The van der Waals surface area contributed by atoms with Crippen LogP contribution in [0.5, 0.6) is 0 Å². The number of ether oxygens (including phenoxy) is 1. The van der Waals surface area contributed by atoms with Gasteiger partial charge in [-0.25, -0.2) is 12.7 Å². The molecule has 0 aromatic carbocycles. The summed E-state index contributed by atoms with van der Waals surface area (Å²) in [5.74, 6) is 0.0522. The fraction of sp³-hybridized carbons (Fsp3) is 1.00. The second-order valence-electron chi connectivity index (χ2n) is 3.20. The van der Waals surface area contributed by atoms with Crippen molar-refractivity contribution in [1.82, 2.24) is 4.31 Å². The van der Waals surface area contributed by atoms with E-state index in [0.717, 1.165) is 6.42 Å². The van der Waals surface area contributed by atoms with Crippen LogP contribution in [0.25, 0.3) is 0 Å². The molecule has 14 heavy (non-hydrogen) atoms. The van der Waals surface area contributed by atoms with Crippen LogP contribution in [0, 0.1) is 0 Å². The highest BCUT2D eigenvalue weighted by Gasteiger charge is 2.17. The van der Waals surface area contributed by atoms with E-state index in [2.05, 4.69) is 15.9 Å². The molecule has 6 heteroatoms. The van der Waals surface area contributed by atoms with E-state index in [1.807, 2.05) is 6.92 Å². The van der Waals surface area contributed by atoms with Crippen molar-refractivity contribution in [3.05, 3.63) is 0 Å². The number of methoxy groups -OCH3 is 1. The molecule has 0 aliphatic heterocycles. The van der Waals surface area contributed by atoms with Crippen LogP contribution < -0.4 is 0 Å². The van der Waals surface area contributed by atoms with Gasteiger partial charge in [0.15, 0.2) is 0 Å². The summed E-state index contributed by atoms with van der Waals surface area (Å²) >= 11 is 3.38. The van der Waals surface area contributed by atoms with Gasteiger partial charge in [-0.15, -0.1) is 0 Å². The Hall–Kier alpha value is 0.350. The summed E-state index contributed by atoms with van der Waals surface area (Å²) in [6.45, 7) is 2.78. The summed E-state index contributed by atoms with van der Waals surface area (Å²) in [6, 6.07) is 0. The van der Waals surface area contributed by atoms with Crippen LogP contribution >= 0.6 is 15.9 Å². The third-order valence-electron chi connectivity index (χ3n) is 1.86. The van der Waals surface area contributed by atoms with E-state index in [4.69, 9.17) is 4.74 Å². The van der Waals surface area contributed by atoms with Crippen molar-refractivity contribution in [2.24, 2.45) is 0 Å². The molecule has 0 heterocycles. The van der Waals surface area contributed by atoms with E-state index < -0.39 is 10.0 Å². The number of hydrogen-bond acceptors (Lipinski definition) is 3. The first-order valence-corrected chi connectivity index (χ1v) is 6.99. The molecule has 1 unspecified atom stereocenters. The van der Waals surface area contributed by atoms with Crippen molar-refractivity contribution >= 4 is 26.0 Å². The second-order valence-corrected chi connectivity index (χ2v) is 6.96. The average molecular weight is 288 g/mol. The molecule has 0 amide bonds. The molecule has 4 nitrogen and oxygen atoms in total. The topological polar surface area (TPSA) is 46.6 Å². The van der Waals surface area contributed by atoms with Gasteiger partial charge in [-0.1, -0.05) is 22.9 Å². The van der Waals surface area contributed by atoms with Crippen LogP contribution in [0.2, 0.25) is 0 Å². The maximum atomic E-state index is 11.5. The van der Waals surface area contributed by atoms with Gasteiger partial charge in [0.1, 0.15) is 0 Å². The number of alkyl halides is 1. The second kappa shape index (κ2) is 6.76. The third kappa shape index (κ3) is 5.95. The smallest absolute Gasteiger partial charge is 0.216 e. The first-order valence-electron chi connectivity index (χ1n) is 4.47. The van der Waals surface area contributed by atoms with Crippen molar-refractivity contribution in [1.29, 1.82) is 0 Å². The van der Waals surface area contributed by atoms with Crippen LogP contribution in [-0.4, -0.2) is 50.6 Å². The molecule has 0 saturated heterocycles. The van der Waals surface area contributed by atoms with E-state index in [1.165, 1.54) is 11.4 Å². The van der Waals surface area contributed by atoms with E-state index in [9.17, 15) is 8.42 Å². The van der Waals surface area contributed by atoms with Crippen molar-refractivity contribution in [2.75, 3.05) is 33.1 Å². The minimum absolute atomic E-state index is 0.0522. The minimum Gasteiger partial charge on any atom is -0.384 e. The Labute approximate surface area is 94.8 Å². The summed E-state index contributed by atoms with van der Waals surface area (Å²) < 4.78 is 29.2. The number of hydrogen-bond donors (Lipinski definition) is 0. The van der Waals surface area contributed by atoms with E-state index in [0.29, 0.717) is 11.4 Å². The Balaban J connectivity index is 4.01. The normalized spacial score (nSPS) is 14.6. The maximum absolute atomic E-state index is 11.5. The Bertz CT molecular complexity index is 241. The van der Waals surface area contributed by atoms with Crippen molar-refractivity contribution < 1.29 is 13.2 Å². The molecule has 0 rings (SSSR count). The lowest BCUT2D eigenvalue weighted by Crippen LogP contribution is -2.32. The molecule has 0 aliphatic rings. The van der Waals surface area contributed by atoms with Gasteiger partial charge in [-0.05, 0) is 6.42 Å². The van der Waals surface area contributed by atoms with Crippen LogP contribution in [0.1, 0.15) is 13.3 Å². The lowest BCUT2D eigenvalue weighted by atomic mass is 10.3. The van der Waals surface area contributed by atoms with E-state index in [-0.39, 0.29) is 12.4 Å². The predicted octanol–water partition coefficient (Wildman–Crippen LogP) is 1.07. The standard InChI is InChI=1S/C8H18BrNO3S/c1-8(9)4-5-10(2)14(11,12)7-6-13-3/h8H,4-7H2,1-3H3. The van der Waals surface area contributed by atoms with Gasteiger partial charge in [0.25, 0.3) is 0 Å². The van der Waals surface area contributed by atoms with Gasteiger partial charge >= 0.3 is 0 Å². The summed E-state index contributed by atoms with van der Waals surface area (Å²) in [4.78, 5) is 0.336. The molecule has 0 N–H and O–H groups in total. The molecule has 0 spiro atoms. The lowest BCUT2D eigenvalue weighted by molar-refractivity contribution is 0.216. The molecule has 86 valence electrons.